The highest BCUT2D eigenvalue weighted by atomic mass is 32.1. The van der Waals surface area contributed by atoms with Crippen LogP contribution in [0.1, 0.15) is 40.8 Å². The molecule has 3 heterocycles. The number of ether oxygens (including phenoxy) is 4. The van der Waals surface area contributed by atoms with Crippen LogP contribution in [0.15, 0.2) is 70.5 Å². The molecule has 4 aromatic rings. The van der Waals surface area contributed by atoms with Crippen molar-refractivity contribution in [1.82, 2.24) is 4.57 Å². The van der Waals surface area contributed by atoms with Gasteiger partial charge >= 0.3 is 5.97 Å². The number of rotatable bonds is 6. The molecule has 2 aliphatic rings. The molecule has 0 saturated heterocycles. The van der Waals surface area contributed by atoms with Crippen LogP contribution in [-0.4, -0.2) is 30.5 Å². The van der Waals surface area contributed by atoms with Crippen LogP contribution in [0.3, 0.4) is 0 Å². The molecule has 6 rings (SSSR count). The first-order valence-electron chi connectivity index (χ1n) is 13.3. The van der Waals surface area contributed by atoms with Gasteiger partial charge in [-0.3, -0.25) is 14.2 Å². The third-order valence-corrected chi connectivity index (χ3v) is 8.86. The van der Waals surface area contributed by atoms with E-state index in [1.54, 1.807) is 18.6 Å². The van der Waals surface area contributed by atoms with E-state index in [1.165, 1.54) is 18.4 Å². The summed E-state index contributed by atoms with van der Waals surface area (Å²) < 4.78 is 25.2. The van der Waals surface area contributed by atoms with E-state index in [1.807, 2.05) is 67.6 Å². The molecule has 0 spiro atoms. The zero-order valence-electron chi connectivity index (χ0n) is 23.5. The van der Waals surface area contributed by atoms with Gasteiger partial charge in [0.05, 0.1) is 24.8 Å². The highest BCUT2D eigenvalue weighted by molar-refractivity contribution is 7.07. The fourth-order valence-electron chi connectivity index (χ4n) is 5.62. The van der Waals surface area contributed by atoms with Gasteiger partial charge in [-0.25, -0.2) is 4.99 Å². The van der Waals surface area contributed by atoms with Gasteiger partial charge in [-0.2, -0.15) is 0 Å². The molecule has 0 N–H and O–H groups in total. The molecular formula is C32H30N2O6S. The lowest BCUT2D eigenvalue weighted by Gasteiger charge is -2.44. The Balaban J connectivity index is 1.43. The minimum Gasteiger partial charge on any atom is -0.496 e. The van der Waals surface area contributed by atoms with Crippen molar-refractivity contribution < 1.29 is 23.7 Å². The van der Waals surface area contributed by atoms with E-state index in [0.29, 0.717) is 27.4 Å². The van der Waals surface area contributed by atoms with Crippen molar-refractivity contribution in [1.29, 1.82) is 0 Å². The summed E-state index contributed by atoms with van der Waals surface area (Å²) >= 11 is 1.27. The number of hydrogen-bond donors (Lipinski definition) is 0. The Morgan fingerprint density at radius 3 is 2.68 bits per heavy atom. The first-order valence-corrected chi connectivity index (χ1v) is 14.1. The third-order valence-electron chi connectivity index (χ3n) is 7.88. The number of fused-ring (bicyclic) bond motifs is 6. The standard InChI is InChI=1S/C32H30N2O6S/c1-18-9-8-12-23(19(18)2)39-17-21-15-20(13-14-24(21)37-4)16-26-29(35)34-28-22-10-6-7-11-25(22)40-32(3,33-31(34)41-26)27(28)30(36)38-5/h6-16,27-28H,17H2,1-5H3/b26-16+/t27-,28-,32+/m0/s1. The smallest absolute Gasteiger partial charge is 0.317 e. The van der Waals surface area contributed by atoms with Gasteiger partial charge in [-0.15, -0.1) is 0 Å². The molecule has 0 amide bonds. The summed E-state index contributed by atoms with van der Waals surface area (Å²) in [5, 5.41) is 0. The molecule has 0 radical (unpaired) electrons. The van der Waals surface area contributed by atoms with Crippen LogP contribution in [0.4, 0.5) is 0 Å². The number of hydrogen-bond acceptors (Lipinski definition) is 8. The summed E-state index contributed by atoms with van der Waals surface area (Å²) in [6, 6.07) is 18.5. The summed E-state index contributed by atoms with van der Waals surface area (Å²) in [5.41, 5.74) is 3.23. The van der Waals surface area contributed by atoms with Gasteiger partial charge in [0, 0.05) is 11.1 Å². The zero-order chi connectivity index (χ0) is 28.9. The second-order valence-electron chi connectivity index (χ2n) is 10.4. The second kappa shape index (κ2) is 10.2. The van der Waals surface area contributed by atoms with Crippen LogP contribution in [0, 0.1) is 19.8 Å². The Morgan fingerprint density at radius 1 is 1.10 bits per heavy atom. The lowest BCUT2D eigenvalue weighted by atomic mass is 9.81. The largest absolute Gasteiger partial charge is 0.496 e. The number of carbonyl (C=O) groups is 1. The molecule has 2 bridgehead atoms. The molecule has 9 heteroatoms. The molecule has 1 aromatic heterocycles. The second-order valence-corrected chi connectivity index (χ2v) is 11.4. The van der Waals surface area contributed by atoms with E-state index in [0.717, 1.165) is 33.6 Å². The van der Waals surface area contributed by atoms with Crippen LogP contribution >= 0.6 is 11.3 Å². The number of benzene rings is 3. The zero-order valence-corrected chi connectivity index (χ0v) is 24.3. The fraction of sp³-hybridized carbons (Fsp3) is 0.281. The molecule has 8 nitrogen and oxygen atoms in total. The van der Waals surface area contributed by atoms with Crippen LogP contribution in [0.25, 0.3) is 6.08 Å². The first kappa shape index (κ1) is 26.8. The van der Waals surface area contributed by atoms with E-state index in [9.17, 15) is 9.59 Å². The maximum atomic E-state index is 13.9. The Morgan fingerprint density at radius 2 is 1.90 bits per heavy atom. The van der Waals surface area contributed by atoms with Crippen molar-refractivity contribution in [2.75, 3.05) is 14.2 Å². The summed E-state index contributed by atoms with van der Waals surface area (Å²) in [7, 11) is 2.96. The summed E-state index contributed by atoms with van der Waals surface area (Å²) in [5.74, 6) is 0.816. The van der Waals surface area contributed by atoms with E-state index in [4.69, 9.17) is 23.9 Å². The molecule has 210 valence electrons. The molecule has 2 aliphatic heterocycles. The topological polar surface area (TPSA) is 88.4 Å². The normalized spacial score (nSPS) is 20.8. The first-order chi connectivity index (χ1) is 19.7. The SMILES string of the molecule is COC(=O)[C@@H]1[C@@H]2c3ccccc3O[C@@]1(C)N=c1s/c(=C/c3ccc(OC)c(COc4cccc(C)c4C)c3)c(=O)n12. The van der Waals surface area contributed by atoms with Crippen LogP contribution < -0.4 is 29.1 Å². The maximum Gasteiger partial charge on any atom is 0.317 e. The van der Waals surface area contributed by atoms with Crippen LogP contribution in [0.2, 0.25) is 0 Å². The van der Waals surface area contributed by atoms with Gasteiger partial charge in [0.15, 0.2) is 4.80 Å². The lowest BCUT2D eigenvalue weighted by molar-refractivity contribution is -0.158. The monoisotopic (exact) mass is 570 g/mol. The van der Waals surface area contributed by atoms with Gasteiger partial charge in [0.2, 0.25) is 5.72 Å². The third kappa shape index (κ3) is 4.50. The van der Waals surface area contributed by atoms with E-state index in [-0.39, 0.29) is 5.56 Å². The van der Waals surface area contributed by atoms with Crippen molar-refractivity contribution in [2.45, 2.75) is 39.1 Å². The van der Waals surface area contributed by atoms with Crippen molar-refractivity contribution >= 4 is 23.4 Å². The van der Waals surface area contributed by atoms with Gasteiger partial charge in [0.25, 0.3) is 5.56 Å². The number of methoxy groups -OCH3 is 2. The summed E-state index contributed by atoms with van der Waals surface area (Å²) in [6.07, 6.45) is 1.83. The molecule has 0 aliphatic carbocycles. The summed E-state index contributed by atoms with van der Waals surface area (Å²) in [6.45, 7) is 6.16. The van der Waals surface area contributed by atoms with Gasteiger partial charge in [-0.05, 0) is 67.8 Å². The predicted molar refractivity (Wildman–Crippen MR) is 155 cm³/mol. The Bertz CT molecular complexity index is 1860. The average molecular weight is 571 g/mol. The highest BCUT2D eigenvalue weighted by Crippen LogP contribution is 2.47. The van der Waals surface area contributed by atoms with Crippen LogP contribution in [-0.2, 0) is 16.1 Å². The number of esters is 1. The molecule has 0 fully saturated rings. The summed E-state index contributed by atoms with van der Waals surface area (Å²) in [4.78, 5) is 32.2. The predicted octanol–water partition coefficient (Wildman–Crippen LogP) is 4.06. The number of aromatic nitrogens is 1. The van der Waals surface area contributed by atoms with Crippen molar-refractivity contribution in [3.05, 3.63) is 108 Å². The number of thiazole rings is 1. The highest BCUT2D eigenvalue weighted by Gasteiger charge is 2.55. The lowest BCUT2D eigenvalue weighted by Crippen LogP contribution is -2.58. The Hall–Kier alpha value is -4.37. The maximum absolute atomic E-state index is 13.9. The van der Waals surface area contributed by atoms with Crippen molar-refractivity contribution in [3.8, 4) is 17.2 Å². The molecule has 41 heavy (non-hydrogen) atoms. The van der Waals surface area contributed by atoms with Gasteiger partial charge in [0.1, 0.15) is 29.8 Å². The molecule has 3 aromatic carbocycles. The van der Waals surface area contributed by atoms with Crippen molar-refractivity contribution in [2.24, 2.45) is 10.9 Å². The molecule has 0 unspecified atom stereocenters. The van der Waals surface area contributed by atoms with Crippen LogP contribution in [0.5, 0.6) is 17.2 Å². The number of nitrogens with zero attached hydrogens (tertiary/aromatic N) is 2. The van der Waals surface area contributed by atoms with Gasteiger partial charge in [-0.1, -0.05) is 47.7 Å². The van der Waals surface area contributed by atoms with Gasteiger partial charge < -0.3 is 18.9 Å². The number of carbonyl (C=O) groups excluding carboxylic acids is 1. The van der Waals surface area contributed by atoms with Crippen molar-refractivity contribution in [3.63, 3.8) is 0 Å². The molecule has 3 atom stereocenters. The minimum absolute atomic E-state index is 0.226. The minimum atomic E-state index is -1.21. The quantitative estimate of drug-likeness (QED) is 0.325. The molecular weight excluding hydrogens is 540 g/mol. The Labute approximate surface area is 241 Å². The number of para-hydroxylation sites is 1. The molecule has 0 saturated carbocycles. The van der Waals surface area contributed by atoms with E-state index < -0.39 is 23.7 Å². The fourth-order valence-corrected chi connectivity index (χ4v) is 6.72. The Kier molecular flexibility index (Phi) is 6.69. The van der Waals surface area contributed by atoms with E-state index in [2.05, 4.69) is 13.0 Å². The van der Waals surface area contributed by atoms with E-state index >= 15 is 0 Å². The number of aryl methyl sites for hydroxylation is 1. The average Bonchev–Trinajstić information content (AvgIpc) is 3.25.